The summed E-state index contributed by atoms with van der Waals surface area (Å²) in [6, 6.07) is 13.1. The molecule has 4 nitrogen and oxygen atoms in total. The second-order valence-corrected chi connectivity index (χ2v) is 7.51. The van der Waals surface area contributed by atoms with Gasteiger partial charge in [-0.25, -0.2) is 9.10 Å². The number of hydrogen-bond acceptors (Lipinski definition) is 3. The van der Waals surface area contributed by atoms with Crippen LogP contribution in [0, 0.1) is 5.92 Å². The minimum atomic E-state index is -0.0887. The van der Waals surface area contributed by atoms with Crippen LogP contribution in [0.2, 0.25) is 5.02 Å². The molecule has 2 aliphatic rings. The number of carbonyl (C=O) groups is 1. The first-order chi connectivity index (χ1) is 11.6. The Kier molecular flexibility index (Phi) is 4.06. The average molecular weight is 361 g/mol. The van der Waals surface area contributed by atoms with Crippen LogP contribution in [-0.2, 0) is 0 Å². The highest BCUT2D eigenvalue weighted by Gasteiger charge is 2.30. The summed E-state index contributed by atoms with van der Waals surface area (Å²) in [5.74, 6) is 1.52. The highest BCUT2D eigenvalue weighted by molar-refractivity contribution is 8.01. The van der Waals surface area contributed by atoms with Crippen LogP contribution in [0.5, 0.6) is 5.75 Å². The van der Waals surface area contributed by atoms with E-state index in [2.05, 4.69) is 0 Å². The Balaban J connectivity index is 1.59. The largest absolute Gasteiger partial charge is 0.493 e. The van der Waals surface area contributed by atoms with E-state index < -0.39 is 0 Å². The number of amides is 2. The van der Waals surface area contributed by atoms with Gasteiger partial charge in [0.1, 0.15) is 5.75 Å². The first kappa shape index (κ1) is 15.7. The summed E-state index contributed by atoms with van der Waals surface area (Å²) in [7, 11) is 1.79. The maximum atomic E-state index is 12.7. The van der Waals surface area contributed by atoms with Crippen LogP contribution in [0.3, 0.4) is 0 Å². The van der Waals surface area contributed by atoms with Gasteiger partial charge in [-0.2, -0.15) is 0 Å². The molecule has 0 atom stereocenters. The summed E-state index contributed by atoms with van der Waals surface area (Å²) in [5, 5.41) is 0.652. The smallest absolute Gasteiger partial charge is 0.339 e. The van der Waals surface area contributed by atoms with Gasteiger partial charge in [-0.1, -0.05) is 11.6 Å². The van der Waals surface area contributed by atoms with E-state index in [1.807, 2.05) is 30.3 Å². The van der Waals surface area contributed by atoms with Crippen LogP contribution in [0.4, 0.5) is 16.2 Å². The van der Waals surface area contributed by atoms with Crippen molar-refractivity contribution in [1.29, 1.82) is 0 Å². The van der Waals surface area contributed by atoms with Gasteiger partial charge in [0.15, 0.2) is 0 Å². The highest BCUT2D eigenvalue weighted by atomic mass is 35.5. The molecule has 1 heterocycles. The lowest BCUT2D eigenvalue weighted by Gasteiger charge is -2.33. The number of benzene rings is 2. The van der Waals surface area contributed by atoms with Gasteiger partial charge in [0.05, 0.1) is 22.9 Å². The van der Waals surface area contributed by atoms with Gasteiger partial charge in [0.2, 0.25) is 0 Å². The van der Waals surface area contributed by atoms with Crippen LogP contribution in [0.15, 0.2) is 47.4 Å². The molecule has 0 spiro atoms. The number of ether oxygens (including phenoxy) is 1. The van der Waals surface area contributed by atoms with E-state index in [1.54, 1.807) is 28.4 Å². The third-order valence-electron chi connectivity index (χ3n) is 4.19. The molecule has 1 aliphatic heterocycles. The third-order valence-corrected chi connectivity index (χ3v) is 5.53. The van der Waals surface area contributed by atoms with Crippen molar-refractivity contribution >= 4 is 41.0 Å². The molecule has 2 amide bonds. The fourth-order valence-corrected chi connectivity index (χ4v) is 3.71. The quantitative estimate of drug-likeness (QED) is 0.701. The van der Waals surface area contributed by atoms with E-state index in [9.17, 15) is 4.79 Å². The van der Waals surface area contributed by atoms with Crippen LogP contribution in [0.25, 0.3) is 0 Å². The summed E-state index contributed by atoms with van der Waals surface area (Å²) in [6.07, 6.45) is 2.52. The molecule has 0 radical (unpaired) electrons. The Morgan fingerprint density at radius 3 is 2.67 bits per heavy atom. The number of nitrogens with zero attached hydrogens (tertiary/aromatic N) is 2. The lowest BCUT2D eigenvalue weighted by atomic mass is 10.2. The Hall–Kier alpha value is -1.85. The van der Waals surface area contributed by atoms with Gasteiger partial charge in [0.25, 0.3) is 0 Å². The second-order valence-electron chi connectivity index (χ2n) is 6.09. The van der Waals surface area contributed by atoms with Gasteiger partial charge in [-0.3, -0.25) is 4.90 Å². The van der Waals surface area contributed by atoms with E-state index in [0.717, 1.165) is 28.6 Å². The molecule has 24 heavy (non-hydrogen) atoms. The summed E-state index contributed by atoms with van der Waals surface area (Å²) in [4.78, 5) is 15.4. The normalized spacial score (nSPS) is 17.0. The molecule has 0 aromatic heterocycles. The third kappa shape index (κ3) is 3.06. The summed E-state index contributed by atoms with van der Waals surface area (Å²) < 4.78 is 7.50. The molecule has 0 N–H and O–H groups in total. The van der Waals surface area contributed by atoms with Crippen molar-refractivity contribution in [3.05, 3.63) is 47.5 Å². The van der Waals surface area contributed by atoms with Gasteiger partial charge in [-0.15, -0.1) is 0 Å². The van der Waals surface area contributed by atoms with Crippen molar-refractivity contribution in [2.45, 2.75) is 17.7 Å². The molecule has 6 heteroatoms. The zero-order valence-corrected chi connectivity index (χ0v) is 14.8. The molecule has 0 unspecified atom stereocenters. The topological polar surface area (TPSA) is 32.8 Å². The highest BCUT2D eigenvalue weighted by Crippen LogP contribution is 2.42. The first-order valence-electron chi connectivity index (χ1n) is 7.90. The number of fused-ring (bicyclic) bond motifs is 1. The Bertz CT molecular complexity index is 777. The number of carbonyl (C=O) groups excluding carboxylic acids is 1. The molecule has 2 aromatic carbocycles. The average Bonchev–Trinajstić information content (AvgIpc) is 3.42. The minimum Gasteiger partial charge on any atom is -0.493 e. The SMILES string of the molecule is CN1C(=O)N(c2ccc(Cl)cc2)Sc2ccc(OCC3CC3)cc21. The Morgan fingerprint density at radius 2 is 1.96 bits per heavy atom. The van der Waals surface area contributed by atoms with E-state index in [0.29, 0.717) is 10.9 Å². The molecule has 124 valence electrons. The standard InChI is InChI=1S/C18H17ClN2O2S/c1-20-16-10-15(23-11-12-2-3-12)8-9-17(16)24-21(18(20)22)14-6-4-13(19)5-7-14/h4-10,12H,2-3,11H2,1H3. The van der Waals surface area contributed by atoms with Crippen molar-refractivity contribution in [3.8, 4) is 5.75 Å². The van der Waals surface area contributed by atoms with Crippen LogP contribution >= 0.6 is 23.5 Å². The van der Waals surface area contributed by atoms with Crippen LogP contribution < -0.4 is 13.9 Å². The Labute approximate surface area is 150 Å². The molecule has 1 saturated carbocycles. The zero-order valence-electron chi connectivity index (χ0n) is 13.2. The fraction of sp³-hybridized carbons (Fsp3) is 0.278. The number of urea groups is 1. The maximum absolute atomic E-state index is 12.7. The minimum absolute atomic E-state index is 0.0887. The first-order valence-corrected chi connectivity index (χ1v) is 9.05. The number of halogens is 1. The monoisotopic (exact) mass is 360 g/mol. The van der Waals surface area contributed by atoms with Gasteiger partial charge < -0.3 is 4.74 Å². The van der Waals surface area contributed by atoms with Crippen LogP contribution in [-0.4, -0.2) is 19.7 Å². The predicted octanol–water partition coefficient (Wildman–Crippen LogP) is 5.21. The molecule has 4 rings (SSSR count). The molecule has 1 fully saturated rings. The second kappa shape index (κ2) is 6.22. The molecule has 0 bridgehead atoms. The number of anilines is 2. The van der Waals surface area contributed by atoms with Crippen molar-refractivity contribution < 1.29 is 9.53 Å². The van der Waals surface area contributed by atoms with Crippen LogP contribution in [0.1, 0.15) is 12.8 Å². The lowest BCUT2D eigenvalue weighted by molar-refractivity contribution is 0.255. The fourth-order valence-electron chi connectivity index (χ4n) is 2.54. The lowest BCUT2D eigenvalue weighted by Crippen LogP contribution is -2.40. The Morgan fingerprint density at radius 1 is 1.21 bits per heavy atom. The van der Waals surface area contributed by atoms with Gasteiger partial charge in [0, 0.05) is 18.1 Å². The van der Waals surface area contributed by atoms with Crippen molar-refractivity contribution in [2.75, 3.05) is 22.9 Å². The molecule has 0 saturated heterocycles. The number of hydrogen-bond donors (Lipinski definition) is 0. The predicted molar refractivity (Wildman–Crippen MR) is 98.2 cm³/mol. The van der Waals surface area contributed by atoms with E-state index in [1.165, 1.54) is 24.8 Å². The molecular weight excluding hydrogens is 344 g/mol. The van der Waals surface area contributed by atoms with E-state index in [4.69, 9.17) is 16.3 Å². The van der Waals surface area contributed by atoms with Crippen molar-refractivity contribution in [1.82, 2.24) is 0 Å². The molecular formula is C18H17ClN2O2S. The molecule has 2 aromatic rings. The van der Waals surface area contributed by atoms with E-state index >= 15 is 0 Å². The van der Waals surface area contributed by atoms with E-state index in [-0.39, 0.29) is 6.03 Å². The van der Waals surface area contributed by atoms with Gasteiger partial charge >= 0.3 is 6.03 Å². The maximum Gasteiger partial charge on any atom is 0.339 e. The van der Waals surface area contributed by atoms with Gasteiger partial charge in [-0.05, 0) is 67.1 Å². The van der Waals surface area contributed by atoms with Crippen molar-refractivity contribution in [2.24, 2.45) is 5.92 Å². The summed E-state index contributed by atoms with van der Waals surface area (Å²) in [5.41, 5.74) is 1.68. The zero-order chi connectivity index (χ0) is 16.7. The summed E-state index contributed by atoms with van der Waals surface area (Å²) >= 11 is 7.35. The number of rotatable bonds is 4. The van der Waals surface area contributed by atoms with Crippen molar-refractivity contribution in [3.63, 3.8) is 0 Å². The molecule has 1 aliphatic carbocycles. The summed E-state index contributed by atoms with van der Waals surface area (Å²) in [6.45, 7) is 0.764.